The zero-order chi connectivity index (χ0) is 9.14. The van der Waals surface area contributed by atoms with E-state index in [0.717, 1.165) is 6.07 Å². The number of nitro groups is 1. The molecule has 0 saturated carbocycles. The molecule has 0 fully saturated rings. The second kappa shape index (κ2) is 3.00. The Balaban J connectivity index is 3.12. The number of nitro benzene ring substituents is 1. The number of carbonyl (C=O) groups is 1. The molecular weight excluding hydrogens is 162 g/mol. The normalized spacial score (nSPS) is 9.33. The average Bonchev–Trinajstić information content (AvgIpc) is 2.04. The Kier molecular flexibility index (Phi) is 2.05. The topological polar surface area (TPSA) is 80.4 Å². The van der Waals surface area contributed by atoms with Crippen LogP contribution in [-0.4, -0.2) is 16.0 Å². The van der Waals surface area contributed by atoms with Crippen molar-refractivity contribution in [3.8, 4) is 0 Å². The third-order valence-corrected chi connectivity index (χ3v) is 1.23. The molecule has 0 unspecified atom stereocenters. The summed E-state index contributed by atoms with van der Waals surface area (Å²) < 4.78 is 0. The van der Waals surface area contributed by atoms with E-state index < -0.39 is 10.9 Å². The summed E-state index contributed by atoms with van der Waals surface area (Å²) in [6.45, 7) is 0. The molecular formula is C7H4NO4. The van der Waals surface area contributed by atoms with Gasteiger partial charge in [-0.15, -0.1) is 0 Å². The van der Waals surface area contributed by atoms with E-state index in [1.54, 1.807) is 0 Å². The van der Waals surface area contributed by atoms with E-state index in [1.165, 1.54) is 12.1 Å². The van der Waals surface area contributed by atoms with Crippen LogP contribution >= 0.6 is 0 Å². The van der Waals surface area contributed by atoms with E-state index >= 15 is 0 Å². The van der Waals surface area contributed by atoms with Crippen LogP contribution in [0.3, 0.4) is 0 Å². The first-order valence-electron chi connectivity index (χ1n) is 3.00. The molecule has 1 N–H and O–H groups in total. The number of benzene rings is 1. The lowest BCUT2D eigenvalue weighted by Gasteiger charge is -1.92. The Hall–Kier alpha value is -1.91. The third kappa shape index (κ3) is 1.57. The fourth-order valence-electron chi connectivity index (χ4n) is 0.692. The minimum absolute atomic E-state index is 0.111. The van der Waals surface area contributed by atoms with Gasteiger partial charge in [-0.1, -0.05) is 0 Å². The maximum absolute atomic E-state index is 10.3. The summed E-state index contributed by atoms with van der Waals surface area (Å²) in [5.74, 6) is -1.19. The molecule has 0 spiro atoms. The monoisotopic (exact) mass is 166 g/mol. The van der Waals surface area contributed by atoms with Crippen molar-refractivity contribution in [3.05, 3.63) is 39.9 Å². The van der Waals surface area contributed by atoms with Gasteiger partial charge >= 0.3 is 5.97 Å². The van der Waals surface area contributed by atoms with Gasteiger partial charge in [-0.25, -0.2) is 4.79 Å². The molecule has 0 aliphatic heterocycles. The highest BCUT2D eigenvalue weighted by molar-refractivity contribution is 5.88. The fraction of sp³-hybridized carbons (Fsp3) is 0. The van der Waals surface area contributed by atoms with Gasteiger partial charge in [-0.05, 0) is 12.1 Å². The summed E-state index contributed by atoms with van der Waals surface area (Å²) in [4.78, 5) is 19.8. The van der Waals surface area contributed by atoms with Gasteiger partial charge in [0, 0.05) is 6.07 Å². The van der Waals surface area contributed by atoms with Crippen molar-refractivity contribution in [2.24, 2.45) is 0 Å². The SMILES string of the molecule is O=C(O)c1cc[c]c([N+](=O)[O-])c1. The summed E-state index contributed by atoms with van der Waals surface area (Å²) >= 11 is 0. The van der Waals surface area contributed by atoms with Crippen molar-refractivity contribution < 1.29 is 14.8 Å². The molecule has 0 bridgehead atoms. The molecule has 1 rings (SSSR count). The smallest absolute Gasteiger partial charge is 0.335 e. The second-order valence-electron chi connectivity index (χ2n) is 2.02. The summed E-state index contributed by atoms with van der Waals surface area (Å²) in [5.41, 5.74) is -0.449. The number of hydrogen-bond donors (Lipinski definition) is 1. The van der Waals surface area contributed by atoms with Gasteiger partial charge in [0.2, 0.25) is 0 Å². The van der Waals surface area contributed by atoms with Gasteiger partial charge in [0.05, 0.1) is 16.6 Å². The van der Waals surface area contributed by atoms with Crippen molar-refractivity contribution in [1.82, 2.24) is 0 Å². The number of rotatable bonds is 2. The van der Waals surface area contributed by atoms with Gasteiger partial charge in [-0.2, -0.15) is 0 Å². The Morgan fingerprint density at radius 1 is 1.67 bits per heavy atom. The van der Waals surface area contributed by atoms with Crippen molar-refractivity contribution in [2.75, 3.05) is 0 Å². The first kappa shape index (κ1) is 8.19. The zero-order valence-corrected chi connectivity index (χ0v) is 5.85. The molecule has 0 aromatic heterocycles. The summed E-state index contributed by atoms with van der Waals surface area (Å²) in [6, 6.07) is 5.72. The molecule has 12 heavy (non-hydrogen) atoms. The predicted octanol–water partition coefficient (Wildman–Crippen LogP) is 1.09. The summed E-state index contributed by atoms with van der Waals surface area (Å²) in [6.07, 6.45) is 0. The van der Waals surface area contributed by atoms with E-state index in [-0.39, 0.29) is 11.3 Å². The van der Waals surface area contributed by atoms with Crippen LogP contribution in [0.2, 0.25) is 0 Å². The van der Waals surface area contributed by atoms with Crippen LogP contribution in [0.4, 0.5) is 5.69 Å². The summed E-state index contributed by atoms with van der Waals surface area (Å²) in [7, 11) is 0. The maximum atomic E-state index is 10.3. The van der Waals surface area contributed by atoms with Crippen LogP contribution in [0.25, 0.3) is 0 Å². The number of nitrogens with zero attached hydrogens (tertiary/aromatic N) is 1. The lowest BCUT2D eigenvalue weighted by Crippen LogP contribution is -1.97. The van der Waals surface area contributed by atoms with E-state index in [9.17, 15) is 14.9 Å². The van der Waals surface area contributed by atoms with Crippen LogP contribution in [0.1, 0.15) is 10.4 Å². The number of aromatic carboxylic acids is 1. The van der Waals surface area contributed by atoms with Crippen molar-refractivity contribution in [3.63, 3.8) is 0 Å². The largest absolute Gasteiger partial charge is 0.478 e. The molecule has 0 atom stereocenters. The van der Waals surface area contributed by atoms with E-state index in [2.05, 4.69) is 6.07 Å². The van der Waals surface area contributed by atoms with E-state index in [4.69, 9.17) is 5.11 Å². The minimum Gasteiger partial charge on any atom is -0.478 e. The predicted molar refractivity (Wildman–Crippen MR) is 38.9 cm³/mol. The van der Waals surface area contributed by atoms with E-state index in [0.29, 0.717) is 0 Å². The molecule has 1 aromatic carbocycles. The molecule has 0 saturated heterocycles. The van der Waals surface area contributed by atoms with Crippen LogP contribution in [-0.2, 0) is 0 Å². The van der Waals surface area contributed by atoms with Gasteiger partial charge in [0.25, 0.3) is 5.69 Å². The van der Waals surface area contributed by atoms with Crippen molar-refractivity contribution in [2.45, 2.75) is 0 Å². The molecule has 0 aliphatic carbocycles. The highest BCUT2D eigenvalue weighted by atomic mass is 16.6. The van der Waals surface area contributed by atoms with Gasteiger partial charge < -0.3 is 5.11 Å². The highest BCUT2D eigenvalue weighted by Gasteiger charge is 2.09. The number of carboxylic acid groups (broad SMARTS) is 1. The number of carboxylic acids is 1. The van der Waals surface area contributed by atoms with Crippen LogP contribution in [0.15, 0.2) is 18.2 Å². The standard InChI is InChI=1S/C7H4NO4/c9-7(10)5-2-1-3-6(4-5)8(11)12/h1-2,4H,(H,9,10). The minimum atomic E-state index is -1.19. The van der Waals surface area contributed by atoms with Crippen molar-refractivity contribution >= 4 is 11.7 Å². The first-order valence-corrected chi connectivity index (χ1v) is 3.00. The number of hydrogen-bond acceptors (Lipinski definition) is 3. The molecule has 5 nitrogen and oxygen atoms in total. The van der Waals surface area contributed by atoms with Gasteiger partial charge in [-0.3, -0.25) is 10.1 Å². The number of non-ortho nitro benzene ring substituents is 1. The molecule has 0 amide bonds. The maximum Gasteiger partial charge on any atom is 0.335 e. The Labute approximate surface area is 67.4 Å². The highest BCUT2D eigenvalue weighted by Crippen LogP contribution is 2.11. The quantitative estimate of drug-likeness (QED) is 0.526. The molecule has 61 valence electrons. The first-order chi connectivity index (χ1) is 5.61. The van der Waals surface area contributed by atoms with Crippen molar-refractivity contribution in [1.29, 1.82) is 0 Å². The van der Waals surface area contributed by atoms with Gasteiger partial charge in [0.1, 0.15) is 0 Å². The Bertz CT molecular complexity index is 305. The third-order valence-electron chi connectivity index (χ3n) is 1.23. The second-order valence-corrected chi connectivity index (χ2v) is 2.02. The van der Waals surface area contributed by atoms with Gasteiger partial charge in [0.15, 0.2) is 0 Å². The molecule has 0 heterocycles. The average molecular weight is 166 g/mol. The van der Waals surface area contributed by atoms with E-state index in [1.807, 2.05) is 0 Å². The molecule has 0 aliphatic rings. The Morgan fingerprint density at radius 3 is 2.83 bits per heavy atom. The molecule has 5 heteroatoms. The Morgan fingerprint density at radius 2 is 2.33 bits per heavy atom. The molecule has 1 aromatic rings. The summed E-state index contributed by atoms with van der Waals surface area (Å²) in [5, 5.41) is 18.6. The lowest BCUT2D eigenvalue weighted by molar-refractivity contribution is -0.385. The fourth-order valence-corrected chi connectivity index (χ4v) is 0.692. The zero-order valence-electron chi connectivity index (χ0n) is 5.85. The van der Waals surface area contributed by atoms with Crippen LogP contribution in [0.5, 0.6) is 0 Å². The molecule has 1 radical (unpaired) electrons. The van der Waals surface area contributed by atoms with Crippen LogP contribution in [0, 0.1) is 16.2 Å². The van der Waals surface area contributed by atoms with Crippen LogP contribution < -0.4 is 0 Å². The lowest BCUT2D eigenvalue weighted by atomic mass is 10.2.